The average molecular weight is 275 g/mol. The van der Waals surface area contributed by atoms with Crippen LogP contribution >= 0.6 is 0 Å². The summed E-state index contributed by atoms with van der Waals surface area (Å²) >= 11 is 0. The minimum atomic E-state index is 0.222. The fraction of sp³-hybridized carbons (Fsp3) is 0.588. The largest absolute Gasteiger partial charge is 0.496 e. The van der Waals surface area contributed by atoms with Gasteiger partial charge in [-0.3, -0.25) is 4.79 Å². The summed E-state index contributed by atoms with van der Waals surface area (Å²) in [5.41, 5.74) is 3.29. The summed E-state index contributed by atoms with van der Waals surface area (Å²) in [5.74, 6) is 1.82. The molecule has 110 valence electrons. The number of carbonyl (C=O) groups excluding carboxylic acids is 1. The maximum absolute atomic E-state index is 12.4. The van der Waals surface area contributed by atoms with Gasteiger partial charge in [-0.2, -0.15) is 0 Å². The maximum Gasteiger partial charge on any atom is 0.227 e. The number of hydrogen-bond acceptors (Lipinski definition) is 2. The Morgan fingerprint density at radius 2 is 1.95 bits per heavy atom. The van der Waals surface area contributed by atoms with Gasteiger partial charge in [-0.25, -0.2) is 0 Å². The molecule has 1 aliphatic heterocycles. The molecular formula is C17H25NO2. The molecule has 0 spiro atoms. The van der Waals surface area contributed by atoms with Crippen molar-refractivity contribution in [2.24, 2.45) is 5.92 Å². The van der Waals surface area contributed by atoms with Gasteiger partial charge in [0.1, 0.15) is 5.75 Å². The van der Waals surface area contributed by atoms with E-state index in [1.54, 1.807) is 7.11 Å². The number of aryl methyl sites for hydroxylation is 2. The van der Waals surface area contributed by atoms with Crippen molar-refractivity contribution < 1.29 is 9.53 Å². The monoisotopic (exact) mass is 275 g/mol. The van der Waals surface area contributed by atoms with Crippen LogP contribution in [-0.4, -0.2) is 31.0 Å². The number of methoxy groups -OCH3 is 1. The van der Waals surface area contributed by atoms with Crippen LogP contribution in [0.4, 0.5) is 0 Å². The van der Waals surface area contributed by atoms with E-state index in [0.29, 0.717) is 6.42 Å². The smallest absolute Gasteiger partial charge is 0.227 e. The van der Waals surface area contributed by atoms with Crippen LogP contribution in [0.2, 0.25) is 0 Å². The number of likely N-dealkylation sites (tertiary alicyclic amines) is 1. The van der Waals surface area contributed by atoms with Gasteiger partial charge in [0.25, 0.3) is 0 Å². The number of amides is 1. The number of nitrogens with zero attached hydrogens (tertiary/aromatic N) is 1. The van der Waals surface area contributed by atoms with Crippen molar-refractivity contribution >= 4 is 5.91 Å². The van der Waals surface area contributed by atoms with E-state index in [-0.39, 0.29) is 5.91 Å². The topological polar surface area (TPSA) is 29.5 Å². The van der Waals surface area contributed by atoms with Gasteiger partial charge in [-0.1, -0.05) is 24.6 Å². The predicted molar refractivity (Wildman–Crippen MR) is 81.2 cm³/mol. The highest BCUT2D eigenvalue weighted by Gasteiger charge is 2.21. The molecule has 0 unspecified atom stereocenters. The highest BCUT2D eigenvalue weighted by Crippen LogP contribution is 2.26. The van der Waals surface area contributed by atoms with Gasteiger partial charge < -0.3 is 9.64 Å². The molecule has 0 atom stereocenters. The van der Waals surface area contributed by atoms with E-state index in [9.17, 15) is 4.79 Å². The van der Waals surface area contributed by atoms with Crippen molar-refractivity contribution in [2.45, 2.75) is 40.0 Å². The third-order valence-electron chi connectivity index (χ3n) is 4.18. The Kier molecular flexibility index (Phi) is 4.69. The predicted octanol–water partition coefficient (Wildman–Crippen LogP) is 3.11. The highest BCUT2D eigenvalue weighted by molar-refractivity contribution is 5.80. The number of ether oxygens (including phenoxy) is 1. The second kappa shape index (κ2) is 6.29. The van der Waals surface area contributed by atoms with Crippen molar-refractivity contribution in [3.8, 4) is 5.75 Å². The lowest BCUT2D eigenvalue weighted by atomic mass is 9.98. The van der Waals surface area contributed by atoms with Crippen LogP contribution in [0.5, 0.6) is 5.75 Å². The van der Waals surface area contributed by atoms with Crippen LogP contribution in [-0.2, 0) is 11.2 Å². The molecule has 1 aromatic carbocycles. The average Bonchev–Trinajstić information content (AvgIpc) is 2.39. The van der Waals surface area contributed by atoms with E-state index >= 15 is 0 Å². The fourth-order valence-corrected chi connectivity index (χ4v) is 3.00. The molecule has 20 heavy (non-hydrogen) atoms. The van der Waals surface area contributed by atoms with Crippen molar-refractivity contribution in [3.05, 3.63) is 28.8 Å². The summed E-state index contributed by atoms with van der Waals surface area (Å²) in [4.78, 5) is 14.4. The SMILES string of the molecule is COc1c(C)cc(C)cc1CC(=O)N1CCC(C)CC1. The first-order valence-electron chi connectivity index (χ1n) is 7.43. The Morgan fingerprint density at radius 1 is 1.30 bits per heavy atom. The molecule has 0 saturated carbocycles. The Labute approximate surface area is 121 Å². The number of hydrogen-bond donors (Lipinski definition) is 0. The summed E-state index contributed by atoms with van der Waals surface area (Å²) < 4.78 is 5.47. The maximum atomic E-state index is 12.4. The van der Waals surface area contributed by atoms with Gasteiger partial charge in [0.05, 0.1) is 13.5 Å². The Hall–Kier alpha value is -1.51. The Bertz CT molecular complexity index is 488. The quantitative estimate of drug-likeness (QED) is 0.848. The molecular weight excluding hydrogens is 250 g/mol. The molecule has 1 aliphatic rings. The van der Waals surface area contributed by atoms with Gasteiger partial charge in [-0.05, 0) is 38.2 Å². The van der Waals surface area contributed by atoms with Gasteiger partial charge in [0.2, 0.25) is 5.91 Å². The first-order chi connectivity index (χ1) is 9.51. The third kappa shape index (κ3) is 3.33. The van der Waals surface area contributed by atoms with Gasteiger partial charge in [0.15, 0.2) is 0 Å². The number of piperidine rings is 1. The first kappa shape index (κ1) is 14.9. The number of rotatable bonds is 3. The molecule has 0 radical (unpaired) electrons. The van der Waals surface area contributed by atoms with Crippen LogP contribution in [0.15, 0.2) is 12.1 Å². The van der Waals surface area contributed by atoms with Crippen molar-refractivity contribution in [2.75, 3.05) is 20.2 Å². The molecule has 1 amide bonds. The molecule has 0 aliphatic carbocycles. The van der Waals surface area contributed by atoms with Crippen molar-refractivity contribution in [3.63, 3.8) is 0 Å². The molecule has 1 fully saturated rings. The van der Waals surface area contributed by atoms with Crippen LogP contribution in [0.1, 0.15) is 36.5 Å². The lowest BCUT2D eigenvalue weighted by Gasteiger charge is -2.30. The third-order valence-corrected chi connectivity index (χ3v) is 4.18. The summed E-state index contributed by atoms with van der Waals surface area (Å²) in [6, 6.07) is 4.16. The zero-order valence-corrected chi connectivity index (χ0v) is 13.0. The zero-order valence-electron chi connectivity index (χ0n) is 13.0. The molecule has 0 bridgehead atoms. The Morgan fingerprint density at radius 3 is 2.55 bits per heavy atom. The first-order valence-corrected chi connectivity index (χ1v) is 7.43. The van der Waals surface area contributed by atoms with E-state index in [4.69, 9.17) is 4.74 Å². The van der Waals surface area contributed by atoms with Crippen LogP contribution in [0, 0.1) is 19.8 Å². The second-order valence-corrected chi connectivity index (χ2v) is 6.01. The molecule has 1 saturated heterocycles. The van der Waals surface area contributed by atoms with Crippen molar-refractivity contribution in [1.82, 2.24) is 4.90 Å². The van der Waals surface area contributed by atoms with E-state index in [1.807, 2.05) is 11.8 Å². The van der Waals surface area contributed by atoms with Gasteiger partial charge in [-0.15, -0.1) is 0 Å². The Balaban J connectivity index is 2.11. The summed E-state index contributed by atoms with van der Waals surface area (Å²) in [6.45, 7) is 8.14. The minimum Gasteiger partial charge on any atom is -0.496 e. The molecule has 3 heteroatoms. The summed E-state index contributed by atoms with van der Waals surface area (Å²) in [7, 11) is 1.67. The standard InChI is InChI=1S/C17H25NO2/c1-12-5-7-18(8-6-12)16(19)11-15-10-13(2)9-14(3)17(15)20-4/h9-10,12H,5-8,11H2,1-4H3. The fourth-order valence-electron chi connectivity index (χ4n) is 3.00. The number of carbonyl (C=O) groups is 1. The molecule has 1 aromatic rings. The number of benzene rings is 1. The minimum absolute atomic E-state index is 0.222. The molecule has 0 aromatic heterocycles. The van der Waals surface area contributed by atoms with Gasteiger partial charge in [0, 0.05) is 18.7 Å². The lowest BCUT2D eigenvalue weighted by Crippen LogP contribution is -2.38. The highest BCUT2D eigenvalue weighted by atomic mass is 16.5. The second-order valence-electron chi connectivity index (χ2n) is 6.01. The normalized spacial score (nSPS) is 16.3. The van der Waals surface area contributed by atoms with E-state index in [1.165, 1.54) is 5.56 Å². The van der Waals surface area contributed by atoms with E-state index < -0.39 is 0 Å². The van der Waals surface area contributed by atoms with E-state index in [0.717, 1.165) is 48.7 Å². The van der Waals surface area contributed by atoms with Gasteiger partial charge >= 0.3 is 0 Å². The van der Waals surface area contributed by atoms with Crippen LogP contribution < -0.4 is 4.74 Å². The van der Waals surface area contributed by atoms with E-state index in [2.05, 4.69) is 26.0 Å². The molecule has 2 rings (SSSR count). The van der Waals surface area contributed by atoms with Crippen molar-refractivity contribution in [1.29, 1.82) is 0 Å². The van der Waals surface area contributed by atoms with Crippen LogP contribution in [0.3, 0.4) is 0 Å². The van der Waals surface area contributed by atoms with Crippen LogP contribution in [0.25, 0.3) is 0 Å². The summed E-state index contributed by atoms with van der Waals surface area (Å²) in [6.07, 6.45) is 2.69. The molecule has 1 heterocycles. The summed E-state index contributed by atoms with van der Waals surface area (Å²) in [5, 5.41) is 0. The molecule has 0 N–H and O–H groups in total. The zero-order chi connectivity index (χ0) is 14.7. The lowest BCUT2D eigenvalue weighted by molar-refractivity contribution is -0.131. The molecule has 3 nitrogen and oxygen atoms in total.